The Morgan fingerprint density at radius 1 is 0.926 bits per heavy atom. The Balaban J connectivity index is 1.64. The van der Waals surface area contributed by atoms with Gasteiger partial charge < -0.3 is 0 Å². The summed E-state index contributed by atoms with van der Waals surface area (Å²) < 4.78 is 1.88. The van der Waals surface area contributed by atoms with Gasteiger partial charge in [-0.2, -0.15) is 5.10 Å². The molecule has 3 rings (SSSR count). The summed E-state index contributed by atoms with van der Waals surface area (Å²) in [5, 5.41) is 4.20. The molecule has 3 aromatic rings. The number of amides is 2. The third-order valence-electron chi connectivity index (χ3n) is 3.65. The summed E-state index contributed by atoms with van der Waals surface area (Å²) in [5.74, 6) is -1.03. The molecule has 136 valence electrons. The summed E-state index contributed by atoms with van der Waals surface area (Å²) in [7, 11) is 0. The van der Waals surface area contributed by atoms with Gasteiger partial charge in [-0.3, -0.25) is 25.2 Å². The molecule has 0 unspecified atom stereocenters. The number of benzene rings is 2. The molecule has 0 radical (unpaired) electrons. The molecule has 0 aliphatic carbocycles. The van der Waals surface area contributed by atoms with Crippen LogP contribution in [0.25, 0.3) is 11.3 Å². The minimum atomic E-state index is -0.569. The molecule has 8 heteroatoms. The Labute approximate surface area is 163 Å². The van der Waals surface area contributed by atoms with E-state index in [1.165, 1.54) is 6.07 Å². The van der Waals surface area contributed by atoms with Gasteiger partial charge >= 0.3 is 0 Å². The van der Waals surface area contributed by atoms with Crippen molar-refractivity contribution >= 4 is 27.7 Å². The standard InChI is InChI=1S/C19H15BrN4O3/c20-15-8-6-14(7-9-15)19(27)22-21-17(25)12-24-18(26)11-10-16(23-24)13-4-2-1-3-5-13/h1-11H,12H2,(H,21,25)(H,22,27). The first-order valence-corrected chi connectivity index (χ1v) is 8.80. The van der Waals surface area contributed by atoms with Gasteiger partial charge in [0, 0.05) is 21.7 Å². The van der Waals surface area contributed by atoms with Gasteiger partial charge in [0.05, 0.1) is 5.69 Å². The normalized spacial score (nSPS) is 10.3. The van der Waals surface area contributed by atoms with Crippen LogP contribution in [-0.2, 0) is 11.3 Å². The number of hydrazine groups is 1. The maximum Gasteiger partial charge on any atom is 0.269 e. The molecule has 0 aliphatic heterocycles. The predicted molar refractivity (Wildman–Crippen MR) is 104 cm³/mol. The first-order valence-electron chi connectivity index (χ1n) is 8.01. The lowest BCUT2D eigenvalue weighted by atomic mass is 10.1. The van der Waals surface area contributed by atoms with Gasteiger partial charge in [0.1, 0.15) is 6.54 Å². The SMILES string of the molecule is O=C(Cn1nc(-c2ccccc2)ccc1=O)NNC(=O)c1ccc(Br)cc1. The minimum absolute atomic E-state index is 0.319. The van der Waals surface area contributed by atoms with E-state index in [0.29, 0.717) is 11.3 Å². The molecule has 0 aliphatic rings. The Bertz CT molecular complexity index is 1020. The number of halogens is 1. The number of carbonyl (C=O) groups excluding carboxylic acids is 2. The average molecular weight is 427 g/mol. The Morgan fingerprint density at radius 2 is 1.63 bits per heavy atom. The maximum atomic E-state index is 12.1. The molecule has 2 N–H and O–H groups in total. The highest BCUT2D eigenvalue weighted by atomic mass is 79.9. The van der Waals surface area contributed by atoms with E-state index in [1.54, 1.807) is 30.3 Å². The van der Waals surface area contributed by atoms with Gasteiger partial charge in [-0.05, 0) is 30.3 Å². The van der Waals surface area contributed by atoms with E-state index in [9.17, 15) is 14.4 Å². The second-order valence-corrected chi connectivity index (χ2v) is 6.51. The zero-order valence-electron chi connectivity index (χ0n) is 14.1. The van der Waals surface area contributed by atoms with Crippen LogP contribution >= 0.6 is 15.9 Å². The van der Waals surface area contributed by atoms with E-state index in [0.717, 1.165) is 14.7 Å². The van der Waals surface area contributed by atoms with E-state index in [4.69, 9.17) is 0 Å². The largest absolute Gasteiger partial charge is 0.271 e. The average Bonchev–Trinajstić information content (AvgIpc) is 2.69. The van der Waals surface area contributed by atoms with Crippen molar-refractivity contribution in [3.05, 3.63) is 87.1 Å². The maximum absolute atomic E-state index is 12.1. The van der Waals surface area contributed by atoms with E-state index in [2.05, 4.69) is 31.9 Å². The van der Waals surface area contributed by atoms with Crippen molar-refractivity contribution in [2.24, 2.45) is 0 Å². The van der Waals surface area contributed by atoms with Gasteiger partial charge in [-0.1, -0.05) is 46.3 Å². The Kier molecular flexibility index (Phi) is 5.77. The molecule has 27 heavy (non-hydrogen) atoms. The summed E-state index contributed by atoms with van der Waals surface area (Å²) in [6.45, 7) is -0.319. The molecule has 1 heterocycles. The van der Waals surface area contributed by atoms with Gasteiger partial charge in [0.2, 0.25) is 0 Å². The van der Waals surface area contributed by atoms with Crippen molar-refractivity contribution in [1.82, 2.24) is 20.6 Å². The number of carbonyl (C=O) groups is 2. The highest BCUT2D eigenvalue weighted by Gasteiger charge is 2.10. The molecular formula is C19H15BrN4O3. The second kappa shape index (κ2) is 8.41. The lowest BCUT2D eigenvalue weighted by molar-refractivity contribution is -0.122. The van der Waals surface area contributed by atoms with E-state index >= 15 is 0 Å². The summed E-state index contributed by atoms with van der Waals surface area (Å²) in [5.41, 5.74) is 5.96. The fourth-order valence-corrected chi connectivity index (χ4v) is 2.56. The number of hydrogen-bond acceptors (Lipinski definition) is 4. The van der Waals surface area contributed by atoms with Crippen molar-refractivity contribution in [3.63, 3.8) is 0 Å². The third kappa shape index (κ3) is 4.89. The van der Waals surface area contributed by atoms with Crippen molar-refractivity contribution < 1.29 is 9.59 Å². The zero-order valence-corrected chi connectivity index (χ0v) is 15.6. The van der Waals surface area contributed by atoms with Crippen LogP contribution in [0.3, 0.4) is 0 Å². The highest BCUT2D eigenvalue weighted by molar-refractivity contribution is 9.10. The lowest BCUT2D eigenvalue weighted by Gasteiger charge is -2.09. The summed E-state index contributed by atoms with van der Waals surface area (Å²) in [6.07, 6.45) is 0. The fourth-order valence-electron chi connectivity index (χ4n) is 2.30. The molecule has 0 saturated carbocycles. The number of hydrogen-bond donors (Lipinski definition) is 2. The molecule has 0 fully saturated rings. The topological polar surface area (TPSA) is 93.1 Å². The van der Waals surface area contributed by atoms with E-state index in [-0.39, 0.29) is 6.54 Å². The Hall–Kier alpha value is -3.26. The quantitative estimate of drug-likeness (QED) is 0.624. The van der Waals surface area contributed by atoms with Crippen LogP contribution in [0, 0.1) is 0 Å². The van der Waals surface area contributed by atoms with Crippen LogP contribution in [0.15, 0.2) is 76.0 Å². The molecular weight excluding hydrogens is 412 g/mol. The molecule has 1 aromatic heterocycles. The molecule has 0 bridgehead atoms. The highest BCUT2D eigenvalue weighted by Crippen LogP contribution is 2.14. The van der Waals surface area contributed by atoms with Crippen molar-refractivity contribution in [2.75, 3.05) is 0 Å². The fraction of sp³-hybridized carbons (Fsp3) is 0.0526. The summed E-state index contributed by atoms with van der Waals surface area (Å²) in [4.78, 5) is 36.0. The Morgan fingerprint density at radius 3 is 2.33 bits per heavy atom. The minimum Gasteiger partial charge on any atom is -0.271 e. The zero-order chi connectivity index (χ0) is 19.2. The van der Waals surface area contributed by atoms with Crippen molar-refractivity contribution in [2.45, 2.75) is 6.54 Å². The number of aromatic nitrogens is 2. The van der Waals surface area contributed by atoms with Crippen molar-refractivity contribution in [1.29, 1.82) is 0 Å². The van der Waals surface area contributed by atoms with E-state index < -0.39 is 17.4 Å². The van der Waals surface area contributed by atoms with Crippen LogP contribution in [0.5, 0.6) is 0 Å². The first-order chi connectivity index (χ1) is 13.0. The van der Waals surface area contributed by atoms with Gasteiger partial charge in [-0.25, -0.2) is 4.68 Å². The van der Waals surface area contributed by atoms with Crippen LogP contribution in [0.2, 0.25) is 0 Å². The molecule has 0 spiro atoms. The predicted octanol–water partition coefficient (Wildman–Crippen LogP) is 2.13. The van der Waals surface area contributed by atoms with E-state index in [1.807, 2.05) is 30.3 Å². The van der Waals surface area contributed by atoms with Gasteiger partial charge in [0.25, 0.3) is 17.4 Å². The lowest BCUT2D eigenvalue weighted by Crippen LogP contribution is -2.44. The van der Waals surface area contributed by atoms with Crippen LogP contribution in [0.4, 0.5) is 0 Å². The molecule has 2 amide bonds. The first kappa shape index (κ1) is 18.5. The van der Waals surface area contributed by atoms with Crippen LogP contribution in [0.1, 0.15) is 10.4 Å². The van der Waals surface area contributed by atoms with Gasteiger partial charge in [-0.15, -0.1) is 0 Å². The van der Waals surface area contributed by atoms with Gasteiger partial charge in [0.15, 0.2) is 0 Å². The molecule has 0 saturated heterocycles. The molecule has 0 atom stereocenters. The smallest absolute Gasteiger partial charge is 0.269 e. The number of rotatable bonds is 4. The number of nitrogens with zero attached hydrogens (tertiary/aromatic N) is 2. The van der Waals surface area contributed by atoms with Crippen LogP contribution < -0.4 is 16.4 Å². The summed E-state index contributed by atoms with van der Waals surface area (Å²) >= 11 is 3.28. The van der Waals surface area contributed by atoms with Crippen LogP contribution in [-0.4, -0.2) is 21.6 Å². The summed E-state index contributed by atoms with van der Waals surface area (Å²) in [6, 6.07) is 18.9. The number of nitrogens with one attached hydrogen (secondary N) is 2. The monoisotopic (exact) mass is 426 g/mol. The third-order valence-corrected chi connectivity index (χ3v) is 4.18. The molecule has 2 aromatic carbocycles. The van der Waals surface area contributed by atoms with Crippen molar-refractivity contribution in [3.8, 4) is 11.3 Å². The second-order valence-electron chi connectivity index (χ2n) is 5.59. The molecule has 7 nitrogen and oxygen atoms in total.